The lowest BCUT2D eigenvalue weighted by atomic mass is 10.0. The molecule has 0 aliphatic heterocycles. The number of fused-ring (bicyclic) bond motifs is 1. The topological polar surface area (TPSA) is 44.1 Å². The van der Waals surface area contributed by atoms with E-state index in [0.717, 1.165) is 40.6 Å². The Hall–Kier alpha value is -2.33. The van der Waals surface area contributed by atoms with Crippen LogP contribution in [0.25, 0.3) is 22.2 Å². The molecule has 4 nitrogen and oxygen atoms in total. The Labute approximate surface area is 145 Å². The second-order valence-electron chi connectivity index (χ2n) is 6.25. The number of esters is 1. The zero-order chi connectivity index (χ0) is 16.8. The highest BCUT2D eigenvalue weighted by atomic mass is 35.5. The van der Waals surface area contributed by atoms with E-state index in [1.165, 1.54) is 7.11 Å². The van der Waals surface area contributed by atoms with E-state index in [1.54, 1.807) is 0 Å². The number of halogens is 1. The number of carbonyl (C=O) groups is 1. The van der Waals surface area contributed by atoms with Gasteiger partial charge < -0.3 is 9.30 Å². The lowest BCUT2D eigenvalue weighted by molar-refractivity contribution is 0.0602. The van der Waals surface area contributed by atoms with Crippen LogP contribution in [-0.4, -0.2) is 22.6 Å². The Morgan fingerprint density at radius 1 is 1.29 bits per heavy atom. The highest BCUT2D eigenvalue weighted by Crippen LogP contribution is 2.39. The third-order valence-corrected chi connectivity index (χ3v) is 4.76. The zero-order valence-corrected chi connectivity index (χ0v) is 14.3. The number of nitrogens with zero attached hydrogens (tertiary/aromatic N) is 2. The van der Waals surface area contributed by atoms with Crippen molar-refractivity contribution >= 4 is 28.6 Å². The third kappa shape index (κ3) is 2.47. The summed E-state index contributed by atoms with van der Waals surface area (Å²) < 4.78 is 7.08. The first-order valence-electron chi connectivity index (χ1n) is 7.94. The Kier molecular flexibility index (Phi) is 3.57. The van der Waals surface area contributed by atoms with Crippen LogP contribution in [-0.2, 0) is 4.74 Å². The van der Waals surface area contributed by atoms with Gasteiger partial charge in [-0.25, -0.2) is 9.78 Å². The molecular formula is C19H17ClN2O2. The maximum atomic E-state index is 12.3. The van der Waals surface area contributed by atoms with Crippen molar-refractivity contribution in [1.82, 2.24) is 9.55 Å². The second kappa shape index (κ2) is 5.64. The highest BCUT2D eigenvalue weighted by Gasteiger charge is 2.28. The first-order valence-corrected chi connectivity index (χ1v) is 8.31. The molecule has 1 aliphatic rings. The molecule has 1 fully saturated rings. The summed E-state index contributed by atoms with van der Waals surface area (Å²) in [7, 11) is 1.40. The molecule has 0 bridgehead atoms. The first-order chi connectivity index (χ1) is 11.6. The fourth-order valence-electron chi connectivity index (χ4n) is 3.08. The molecule has 1 aromatic heterocycles. The smallest absolute Gasteiger partial charge is 0.340 e. The molecule has 0 spiro atoms. The van der Waals surface area contributed by atoms with Crippen LogP contribution in [0.1, 0.15) is 34.8 Å². The van der Waals surface area contributed by atoms with Crippen molar-refractivity contribution in [1.29, 1.82) is 0 Å². The van der Waals surface area contributed by atoms with Crippen LogP contribution in [0.5, 0.6) is 0 Å². The molecule has 122 valence electrons. The summed E-state index contributed by atoms with van der Waals surface area (Å²) >= 11 is 6.40. The average molecular weight is 341 g/mol. The maximum absolute atomic E-state index is 12.3. The quantitative estimate of drug-likeness (QED) is 0.644. The molecule has 0 atom stereocenters. The molecule has 24 heavy (non-hydrogen) atoms. The normalized spacial score (nSPS) is 14.1. The minimum Gasteiger partial charge on any atom is -0.465 e. The van der Waals surface area contributed by atoms with Crippen molar-refractivity contribution in [2.24, 2.45) is 0 Å². The van der Waals surface area contributed by atoms with Crippen LogP contribution in [0, 0.1) is 6.92 Å². The van der Waals surface area contributed by atoms with Gasteiger partial charge in [0.25, 0.3) is 0 Å². The van der Waals surface area contributed by atoms with Gasteiger partial charge in [-0.05, 0) is 49.1 Å². The van der Waals surface area contributed by atoms with Gasteiger partial charge in [-0.3, -0.25) is 0 Å². The number of aromatic nitrogens is 2. The number of methoxy groups -OCH3 is 1. The van der Waals surface area contributed by atoms with Crippen LogP contribution < -0.4 is 0 Å². The van der Waals surface area contributed by atoms with Gasteiger partial charge >= 0.3 is 5.97 Å². The molecule has 0 saturated heterocycles. The number of hydrogen-bond acceptors (Lipinski definition) is 3. The Balaban J connectivity index is 1.96. The average Bonchev–Trinajstić information content (AvgIpc) is 3.32. The minimum atomic E-state index is -0.354. The van der Waals surface area contributed by atoms with E-state index in [0.29, 0.717) is 16.6 Å². The summed E-state index contributed by atoms with van der Waals surface area (Å²) in [6, 6.07) is 10.2. The monoisotopic (exact) mass is 340 g/mol. The van der Waals surface area contributed by atoms with Crippen molar-refractivity contribution in [3.05, 3.63) is 52.8 Å². The van der Waals surface area contributed by atoms with Crippen molar-refractivity contribution in [2.75, 3.05) is 7.11 Å². The van der Waals surface area contributed by atoms with Gasteiger partial charge in [-0.1, -0.05) is 23.7 Å². The van der Waals surface area contributed by atoms with Crippen molar-refractivity contribution in [2.45, 2.75) is 25.8 Å². The molecule has 1 aliphatic carbocycles. The highest BCUT2D eigenvalue weighted by molar-refractivity contribution is 6.33. The second-order valence-corrected chi connectivity index (χ2v) is 6.66. The molecular weight excluding hydrogens is 324 g/mol. The van der Waals surface area contributed by atoms with E-state index in [-0.39, 0.29) is 5.97 Å². The van der Waals surface area contributed by atoms with Crippen LogP contribution in [0.4, 0.5) is 0 Å². The van der Waals surface area contributed by atoms with Crippen molar-refractivity contribution in [3.8, 4) is 11.1 Å². The number of rotatable bonds is 3. The first kappa shape index (κ1) is 15.2. The lowest BCUT2D eigenvalue weighted by Gasteiger charge is -2.11. The van der Waals surface area contributed by atoms with Crippen molar-refractivity contribution < 1.29 is 9.53 Å². The summed E-state index contributed by atoms with van der Waals surface area (Å²) in [6.07, 6.45) is 4.06. The summed E-state index contributed by atoms with van der Waals surface area (Å²) in [5.74, 6) is -0.354. The third-order valence-electron chi connectivity index (χ3n) is 4.45. The van der Waals surface area contributed by atoms with Crippen LogP contribution in [0.3, 0.4) is 0 Å². The van der Waals surface area contributed by atoms with E-state index in [1.807, 2.05) is 43.6 Å². The standard InChI is InChI=1S/C19H17ClN2O2/c1-11-3-6-14(16(20)7-11)12-8-15(19(23)24-2)18-17(9-12)21-10-22(18)13-4-5-13/h3,6-10,13H,4-5H2,1-2H3. The molecule has 5 heteroatoms. The minimum absolute atomic E-state index is 0.354. The van der Waals surface area contributed by atoms with E-state index >= 15 is 0 Å². The Bertz CT molecular complexity index is 957. The fourth-order valence-corrected chi connectivity index (χ4v) is 3.42. The summed E-state index contributed by atoms with van der Waals surface area (Å²) in [5, 5.41) is 0.659. The molecule has 0 unspecified atom stereocenters. The predicted molar refractivity (Wildman–Crippen MR) is 94.5 cm³/mol. The molecule has 2 aromatic carbocycles. The largest absolute Gasteiger partial charge is 0.465 e. The molecule has 0 N–H and O–H groups in total. The lowest BCUT2D eigenvalue weighted by Crippen LogP contribution is -2.05. The summed E-state index contributed by atoms with van der Waals surface area (Å²) in [5.41, 5.74) is 5.01. The van der Waals surface area contributed by atoms with E-state index < -0.39 is 0 Å². The van der Waals surface area contributed by atoms with Gasteiger partial charge in [0.05, 0.1) is 30.0 Å². The number of aryl methyl sites for hydroxylation is 1. The number of imidazole rings is 1. The van der Waals surface area contributed by atoms with E-state index in [9.17, 15) is 4.79 Å². The molecule has 1 saturated carbocycles. The van der Waals surface area contributed by atoms with Gasteiger partial charge in [0.1, 0.15) is 0 Å². The number of hydrogen-bond donors (Lipinski definition) is 0. The SMILES string of the molecule is COC(=O)c1cc(-c2ccc(C)cc2Cl)cc2ncn(C3CC3)c12. The van der Waals surface area contributed by atoms with Gasteiger partial charge in [0.2, 0.25) is 0 Å². The van der Waals surface area contributed by atoms with E-state index in [2.05, 4.69) is 9.55 Å². The van der Waals surface area contributed by atoms with Gasteiger partial charge in [0.15, 0.2) is 0 Å². The number of ether oxygens (including phenoxy) is 1. The summed E-state index contributed by atoms with van der Waals surface area (Å²) in [4.78, 5) is 16.8. The molecule has 1 heterocycles. The van der Waals surface area contributed by atoms with E-state index in [4.69, 9.17) is 16.3 Å². The van der Waals surface area contributed by atoms with Crippen LogP contribution in [0.15, 0.2) is 36.7 Å². The van der Waals surface area contributed by atoms with Crippen molar-refractivity contribution in [3.63, 3.8) is 0 Å². The molecule has 0 radical (unpaired) electrons. The zero-order valence-electron chi connectivity index (χ0n) is 13.5. The van der Waals surface area contributed by atoms with Crippen LogP contribution in [0.2, 0.25) is 5.02 Å². The molecule has 3 aromatic rings. The van der Waals surface area contributed by atoms with Gasteiger partial charge in [-0.15, -0.1) is 0 Å². The Morgan fingerprint density at radius 3 is 2.75 bits per heavy atom. The van der Waals surface area contributed by atoms with Crippen LogP contribution >= 0.6 is 11.6 Å². The molecule has 0 amide bonds. The molecule has 4 rings (SSSR count). The Morgan fingerprint density at radius 2 is 2.08 bits per heavy atom. The summed E-state index contributed by atoms with van der Waals surface area (Å²) in [6.45, 7) is 2.00. The fraction of sp³-hybridized carbons (Fsp3) is 0.263. The number of carbonyl (C=O) groups excluding carboxylic acids is 1. The van der Waals surface area contributed by atoms with Gasteiger partial charge in [0, 0.05) is 16.6 Å². The predicted octanol–water partition coefficient (Wildman–Crippen LogP) is 4.79. The maximum Gasteiger partial charge on any atom is 0.340 e. The van der Waals surface area contributed by atoms with Gasteiger partial charge in [-0.2, -0.15) is 0 Å². The number of benzene rings is 2.